The van der Waals surface area contributed by atoms with Gasteiger partial charge in [0.05, 0.1) is 19.0 Å². The van der Waals surface area contributed by atoms with Gasteiger partial charge in [-0.3, -0.25) is 4.98 Å². The molecular formula is C21H14BrN3O2. The zero-order valence-electron chi connectivity index (χ0n) is 14.4. The molecule has 1 aliphatic rings. The summed E-state index contributed by atoms with van der Waals surface area (Å²) in [5.74, 6) is 1.29. The van der Waals surface area contributed by atoms with Gasteiger partial charge in [-0.05, 0) is 47.5 Å². The third-order valence-electron chi connectivity index (χ3n) is 4.57. The maximum atomic E-state index is 6.03. The van der Waals surface area contributed by atoms with Crippen molar-refractivity contribution in [3.8, 4) is 16.9 Å². The molecule has 0 N–H and O–H groups in total. The second-order valence-electron chi connectivity index (χ2n) is 6.32. The molecule has 6 heteroatoms. The minimum absolute atomic E-state index is 0.568. The molecule has 132 valence electrons. The lowest BCUT2D eigenvalue weighted by molar-refractivity contribution is 0.413. The predicted octanol–water partition coefficient (Wildman–Crippen LogP) is 5.34. The van der Waals surface area contributed by atoms with Gasteiger partial charge in [0.2, 0.25) is 5.89 Å². The average Bonchev–Trinajstić information content (AvgIpc) is 3.30. The summed E-state index contributed by atoms with van der Waals surface area (Å²) in [6.45, 7) is 0. The molecule has 0 spiro atoms. The van der Waals surface area contributed by atoms with Gasteiger partial charge >= 0.3 is 0 Å². The first-order valence-corrected chi connectivity index (χ1v) is 9.25. The van der Waals surface area contributed by atoms with Crippen LogP contribution in [0.2, 0.25) is 0 Å². The van der Waals surface area contributed by atoms with Crippen LogP contribution < -0.4 is 4.74 Å². The number of aromatic nitrogens is 2. The Hall–Kier alpha value is -2.99. The molecule has 5 nitrogen and oxygen atoms in total. The molecular weight excluding hydrogens is 406 g/mol. The van der Waals surface area contributed by atoms with Gasteiger partial charge in [-0.25, -0.2) is 9.98 Å². The van der Waals surface area contributed by atoms with Crippen molar-refractivity contribution < 1.29 is 9.15 Å². The molecule has 27 heavy (non-hydrogen) atoms. The van der Waals surface area contributed by atoms with E-state index in [9.17, 15) is 0 Å². The van der Waals surface area contributed by atoms with E-state index in [0.717, 1.165) is 43.8 Å². The molecule has 1 aliphatic heterocycles. The van der Waals surface area contributed by atoms with E-state index >= 15 is 0 Å². The van der Waals surface area contributed by atoms with Crippen molar-refractivity contribution in [1.29, 1.82) is 0 Å². The van der Waals surface area contributed by atoms with E-state index < -0.39 is 0 Å². The molecule has 0 saturated carbocycles. The van der Waals surface area contributed by atoms with Crippen molar-refractivity contribution in [1.82, 2.24) is 9.97 Å². The number of nitrogens with zero attached hydrogens (tertiary/aromatic N) is 3. The minimum Gasteiger partial charge on any atom is -0.495 e. The zero-order chi connectivity index (χ0) is 18.4. The fraction of sp³-hybridized carbons (Fsp3) is 0.0952. The Kier molecular flexibility index (Phi) is 3.79. The van der Waals surface area contributed by atoms with Crippen molar-refractivity contribution >= 4 is 38.4 Å². The Labute approximate surface area is 163 Å². The minimum atomic E-state index is 0.568. The Morgan fingerprint density at radius 1 is 1.04 bits per heavy atom. The van der Waals surface area contributed by atoms with Crippen molar-refractivity contribution in [3.05, 3.63) is 70.8 Å². The predicted molar refractivity (Wildman–Crippen MR) is 108 cm³/mol. The van der Waals surface area contributed by atoms with Gasteiger partial charge in [-0.2, -0.15) is 0 Å². The fourth-order valence-electron chi connectivity index (χ4n) is 3.21. The molecule has 0 fully saturated rings. The Balaban J connectivity index is 1.51. The highest BCUT2D eigenvalue weighted by molar-refractivity contribution is 9.10. The molecule has 0 aliphatic carbocycles. The van der Waals surface area contributed by atoms with E-state index in [4.69, 9.17) is 9.15 Å². The first-order chi connectivity index (χ1) is 13.2. The highest BCUT2D eigenvalue weighted by Crippen LogP contribution is 2.32. The molecule has 0 bridgehead atoms. The molecule has 0 atom stereocenters. The number of fused-ring (bicyclic) bond motifs is 2. The van der Waals surface area contributed by atoms with Crippen LogP contribution >= 0.6 is 15.9 Å². The Bertz CT molecular complexity index is 1210. The molecule has 5 rings (SSSR count). The molecule has 2 aromatic heterocycles. The monoisotopic (exact) mass is 419 g/mol. The van der Waals surface area contributed by atoms with Crippen LogP contribution in [0.25, 0.3) is 22.2 Å². The van der Waals surface area contributed by atoms with Gasteiger partial charge in [0.25, 0.3) is 0 Å². The molecule has 0 saturated heterocycles. The standard InChI is InChI=1S/C21H14BrN3O2/c1-26-16-7-14(10-23-11-16)12-2-4-18-20(9-12)27-21(25-18)19-8-13-6-15(22)3-5-17(13)24-19/h2-7,9-11H,8H2,1H3. The van der Waals surface area contributed by atoms with Gasteiger partial charge in [-0.15, -0.1) is 0 Å². The topological polar surface area (TPSA) is 60.5 Å². The first-order valence-electron chi connectivity index (χ1n) is 8.46. The summed E-state index contributed by atoms with van der Waals surface area (Å²) in [5, 5.41) is 0. The fourth-order valence-corrected chi connectivity index (χ4v) is 3.62. The maximum Gasteiger partial charge on any atom is 0.242 e. The summed E-state index contributed by atoms with van der Waals surface area (Å²) in [6.07, 6.45) is 4.20. The number of methoxy groups -OCH3 is 1. The van der Waals surface area contributed by atoms with E-state index in [-0.39, 0.29) is 0 Å². The van der Waals surface area contributed by atoms with Crippen LogP contribution in [-0.4, -0.2) is 22.8 Å². The van der Waals surface area contributed by atoms with Crippen molar-refractivity contribution in [3.63, 3.8) is 0 Å². The van der Waals surface area contributed by atoms with Gasteiger partial charge in [0.15, 0.2) is 5.58 Å². The number of aliphatic imine (C=N–C) groups is 1. The number of hydrogen-bond acceptors (Lipinski definition) is 5. The average molecular weight is 420 g/mol. The van der Waals surface area contributed by atoms with Crippen molar-refractivity contribution in [2.24, 2.45) is 4.99 Å². The lowest BCUT2D eigenvalue weighted by Crippen LogP contribution is -2.00. The summed E-state index contributed by atoms with van der Waals surface area (Å²) in [7, 11) is 1.63. The van der Waals surface area contributed by atoms with E-state index in [1.54, 1.807) is 19.5 Å². The SMILES string of the molecule is COc1cncc(-c2ccc3nc(C4=Nc5ccc(Br)cc5C4)oc3c2)c1. The number of rotatable bonds is 3. The molecule has 2 aromatic carbocycles. The summed E-state index contributed by atoms with van der Waals surface area (Å²) in [6, 6.07) is 14.0. The largest absolute Gasteiger partial charge is 0.495 e. The quantitative estimate of drug-likeness (QED) is 0.449. The Morgan fingerprint density at radius 3 is 2.85 bits per heavy atom. The summed E-state index contributed by atoms with van der Waals surface area (Å²) in [5.41, 5.74) is 6.49. The van der Waals surface area contributed by atoms with Crippen LogP contribution in [0.1, 0.15) is 11.5 Å². The van der Waals surface area contributed by atoms with Gasteiger partial charge < -0.3 is 9.15 Å². The molecule has 0 unspecified atom stereocenters. The number of pyridine rings is 1. The van der Waals surface area contributed by atoms with Crippen LogP contribution in [0.3, 0.4) is 0 Å². The summed E-state index contributed by atoms with van der Waals surface area (Å²) >= 11 is 3.51. The van der Waals surface area contributed by atoms with Gasteiger partial charge in [0, 0.05) is 22.7 Å². The number of ether oxygens (including phenoxy) is 1. The first kappa shape index (κ1) is 16.2. The third kappa shape index (κ3) is 2.92. The molecule has 4 aromatic rings. The van der Waals surface area contributed by atoms with Crippen LogP contribution in [0.5, 0.6) is 5.75 Å². The van der Waals surface area contributed by atoms with E-state index in [0.29, 0.717) is 12.3 Å². The van der Waals surface area contributed by atoms with Crippen LogP contribution in [0.15, 0.2) is 68.7 Å². The highest BCUT2D eigenvalue weighted by Gasteiger charge is 2.21. The van der Waals surface area contributed by atoms with Crippen LogP contribution in [0, 0.1) is 0 Å². The van der Waals surface area contributed by atoms with Crippen molar-refractivity contribution in [2.75, 3.05) is 7.11 Å². The zero-order valence-corrected chi connectivity index (χ0v) is 16.0. The normalized spacial score (nSPS) is 12.9. The van der Waals surface area contributed by atoms with Crippen molar-refractivity contribution in [2.45, 2.75) is 6.42 Å². The Morgan fingerprint density at radius 2 is 1.96 bits per heavy atom. The van der Waals surface area contributed by atoms with Crippen LogP contribution in [0.4, 0.5) is 5.69 Å². The second-order valence-corrected chi connectivity index (χ2v) is 7.24. The van der Waals surface area contributed by atoms with E-state index in [2.05, 4.69) is 37.0 Å². The van der Waals surface area contributed by atoms with Gasteiger partial charge in [-0.1, -0.05) is 22.0 Å². The lowest BCUT2D eigenvalue weighted by Gasteiger charge is -2.03. The molecule has 0 radical (unpaired) electrons. The lowest BCUT2D eigenvalue weighted by atomic mass is 10.1. The van der Waals surface area contributed by atoms with Gasteiger partial charge in [0.1, 0.15) is 17.0 Å². The number of hydrogen-bond donors (Lipinski definition) is 0. The molecule has 0 amide bonds. The molecule has 3 heterocycles. The van der Waals surface area contributed by atoms with Crippen LogP contribution in [-0.2, 0) is 6.42 Å². The van der Waals surface area contributed by atoms with E-state index in [1.807, 2.05) is 36.4 Å². The number of oxazole rings is 1. The summed E-state index contributed by atoms with van der Waals surface area (Å²) in [4.78, 5) is 13.5. The number of halogens is 1. The van der Waals surface area contributed by atoms with E-state index in [1.165, 1.54) is 5.56 Å². The highest BCUT2D eigenvalue weighted by atomic mass is 79.9. The second kappa shape index (κ2) is 6.32. The smallest absolute Gasteiger partial charge is 0.242 e. The third-order valence-corrected chi connectivity index (χ3v) is 5.07. The maximum absolute atomic E-state index is 6.03. The number of benzene rings is 2. The summed E-state index contributed by atoms with van der Waals surface area (Å²) < 4.78 is 12.3.